The molecule has 1 saturated carbocycles. The Morgan fingerprint density at radius 3 is 2.94 bits per heavy atom. The summed E-state index contributed by atoms with van der Waals surface area (Å²) in [6.45, 7) is 2.93. The van der Waals surface area contributed by atoms with Crippen molar-refractivity contribution in [1.29, 1.82) is 0 Å². The zero-order valence-corrected chi connectivity index (χ0v) is 9.53. The third kappa shape index (κ3) is 2.44. The van der Waals surface area contributed by atoms with Gasteiger partial charge in [-0.2, -0.15) is 0 Å². The van der Waals surface area contributed by atoms with Crippen LogP contribution in [-0.4, -0.2) is 11.9 Å². The van der Waals surface area contributed by atoms with E-state index in [0.29, 0.717) is 12.6 Å². The van der Waals surface area contributed by atoms with Gasteiger partial charge in [0.2, 0.25) is 0 Å². The topological polar surface area (TPSA) is 68.3 Å². The molecule has 3 N–H and O–H groups in total. The van der Waals surface area contributed by atoms with Gasteiger partial charge in [-0.3, -0.25) is 4.79 Å². The number of hydrogen-bond donors (Lipinski definition) is 2. The number of hydrogen-bond acceptors (Lipinski definition) is 3. The van der Waals surface area contributed by atoms with Crippen molar-refractivity contribution in [1.82, 2.24) is 5.32 Å². The van der Waals surface area contributed by atoms with Crippen molar-refractivity contribution in [2.45, 2.75) is 38.8 Å². The van der Waals surface area contributed by atoms with Crippen LogP contribution < -0.4 is 11.1 Å². The number of nitrogens with two attached hydrogens (primary N) is 1. The van der Waals surface area contributed by atoms with Crippen molar-refractivity contribution >= 4 is 5.91 Å². The predicted octanol–water partition coefficient (Wildman–Crippen LogP) is 1.66. The molecule has 1 heterocycles. The second kappa shape index (κ2) is 4.70. The van der Waals surface area contributed by atoms with E-state index in [1.165, 1.54) is 19.3 Å². The van der Waals surface area contributed by atoms with Crippen LogP contribution in [0.3, 0.4) is 0 Å². The van der Waals surface area contributed by atoms with Crippen LogP contribution in [0.15, 0.2) is 16.5 Å². The number of primary amides is 1. The van der Waals surface area contributed by atoms with Crippen LogP contribution in [0, 0.1) is 5.92 Å². The number of nitrogens with one attached hydrogen (secondary N) is 1. The molecule has 4 nitrogen and oxygen atoms in total. The van der Waals surface area contributed by atoms with Crippen LogP contribution in [0.4, 0.5) is 0 Å². The molecule has 0 aromatic carbocycles. The van der Waals surface area contributed by atoms with Gasteiger partial charge >= 0.3 is 0 Å². The Labute approximate surface area is 95.2 Å². The maximum absolute atomic E-state index is 10.8. The molecule has 2 unspecified atom stereocenters. The molecule has 0 bridgehead atoms. The molecular formula is C12H18N2O2. The Hall–Kier alpha value is -1.29. The van der Waals surface area contributed by atoms with Crippen LogP contribution in [0.25, 0.3) is 0 Å². The lowest BCUT2D eigenvalue weighted by Crippen LogP contribution is -2.30. The van der Waals surface area contributed by atoms with Gasteiger partial charge in [0.05, 0.1) is 6.54 Å². The maximum Gasteiger partial charge on any atom is 0.284 e. The maximum atomic E-state index is 10.8. The minimum Gasteiger partial charge on any atom is -0.455 e. The lowest BCUT2D eigenvalue weighted by Gasteiger charge is -2.16. The number of rotatable bonds is 4. The van der Waals surface area contributed by atoms with E-state index in [1.807, 2.05) is 0 Å². The summed E-state index contributed by atoms with van der Waals surface area (Å²) in [6, 6.07) is 3.99. The van der Waals surface area contributed by atoms with Crippen molar-refractivity contribution in [2.75, 3.05) is 0 Å². The van der Waals surface area contributed by atoms with E-state index in [-0.39, 0.29) is 5.76 Å². The summed E-state index contributed by atoms with van der Waals surface area (Å²) in [5.74, 6) is 1.22. The Bertz CT molecular complexity index is 373. The molecule has 0 spiro atoms. The molecule has 4 heteroatoms. The Kier molecular flexibility index (Phi) is 3.29. The zero-order chi connectivity index (χ0) is 11.5. The highest BCUT2D eigenvalue weighted by Gasteiger charge is 2.22. The van der Waals surface area contributed by atoms with E-state index < -0.39 is 5.91 Å². The summed E-state index contributed by atoms with van der Waals surface area (Å²) in [7, 11) is 0. The van der Waals surface area contributed by atoms with Gasteiger partial charge in [-0.05, 0) is 30.9 Å². The van der Waals surface area contributed by atoms with Crippen LogP contribution in [0.1, 0.15) is 42.5 Å². The Morgan fingerprint density at radius 2 is 2.38 bits per heavy atom. The largest absolute Gasteiger partial charge is 0.455 e. The molecule has 16 heavy (non-hydrogen) atoms. The summed E-state index contributed by atoms with van der Waals surface area (Å²) in [5, 5.41) is 3.45. The van der Waals surface area contributed by atoms with Crippen molar-refractivity contribution in [3.63, 3.8) is 0 Å². The number of amides is 1. The first-order valence-electron chi connectivity index (χ1n) is 5.78. The van der Waals surface area contributed by atoms with Gasteiger partial charge in [-0.25, -0.2) is 0 Å². The summed E-state index contributed by atoms with van der Waals surface area (Å²) in [5.41, 5.74) is 5.11. The predicted molar refractivity (Wildman–Crippen MR) is 60.9 cm³/mol. The van der Waals surface area contributed by atoms with Crippen molar-refractivity contribution in [3.8, 4) is 0 Å². The third-order valence-electron chi connectivity index (χ3n) is 3.30. The number of carbonyl (C=O) groups excluding carboxylic acids is 1. The fourth-order valence-electron chi connectivity index (χ4n) is 2.29. The molecular weight excluding hydrogens is 204 g/mol. The smallest absolute Gasteiger partial charge is 0.284 e. The van der Waals surface area contributed by atoms with Gasteiger partial charge in [0.1, 0.15) is 5.76 Å². The van der Waals surface area contributed by atoms with E-state index >= 15 is 0 Å². The molecule has 1 aromatic heterocycles. The quantitative estimate of drug-likeness (QED) is 0.814. The van der Waals surface area contributed by atoms with Gasteiger partial charge in [-0.1, -0.05) is 13.3 Å². The summed E-state index contributed by atoms with van der Waals surface area (Å²) in [4.78, 5) is 10.8. The average Bonchev–Trinajstić information content (AvgIpc) is 2.83. The lowest BCUT2D eigenvalue weighted by atomic mass is 10.1. The van der Waals surface area contributed by atoms with Gasteiger partial charge in [0.15, 0.2) is 5.76 Å². The molecule has 1 fully saturated rings. The minimum atomic E-state index is -0.513. The fourth-order valence-corrected chi connectivity index (χ4v) is 2.29. The van der Waals surface area contributed by atoms with Crippen LogP contribution in [0.2, 0.25) is 0 Å². The van der Waals surface area contributed by atoms with E-state index in [4.69, 9.17) is 10.2 Å². The Morgan fingerprint density at radius 1 is 1.56 bits per heavy atom. The molecule has 0 saturated heterocycles. The molecule has 0 aliphatic heterocycles. The first-order valence-corrected chi connectivity index (χ1v) is 5.78. The number of carbonyl (C=O) groups is 1. The standard InChI is InChI=1S/C12H18N2O2/c1-8-3-2-4-10(8)14-7-9-5-6-11(16-9)12(13)15/h5-6,8,10,14H,2-4,7H2,1H3,(H2,13,15). The minimum absolute atomic E-state index is 0.233. The summed E-state index contributed by atoms with van der Waals surface area (Å²) < 4.78 is 5.30. The van der Waals surface area contributed by atoms with E-state index in [9.17, 15) is 4.79 Å². The highest BCUT2D eigenvalue weighted by Crippen LogP contribution is 2.25. The molecule has 0 radical (unpaired) electrons. The summed E-state index contributed by atoms with van der Waals surface area (Å²) in [6.07, 6.45) is 3.82. The Balaban J connectivity index is 1.87. The third-order valence-corrected chi connectivity index (χ3v) is 3.30. The van der Waals surface area contributed by atoms with Gasteiger partial charge in [0.25, 0.3) is 5.91 Å². The molecule has 1 aromatic rings. The lowest BCUT2D eigenvalue weighted by molar-refractivity contribution is 0.0972. The molecule has 1 aliphatic carbocycles. The normalized spacial score (nSPS) is 24.8. The highest BCUT2D eigenvalue weighted by atomic mass is 16.3. The van der Waals surface area contributed by atoms with E-state index in [0.717, 1.165) is 11.7 Å². The first kappa shape index (κ1) is 11.2. The van der Waals surface area contributed by atoms with Crippen molar-refractivity contribution in [2.24, 2.45) is 11.7 Å². The second-order valence-electron chi connectivity index (χ2n) is 4.53. The molecule has 2 rings (SSSR count). The molecule has 1 amide bonds. The van der Waals surface area contributed by atoms with Gasteiger partial charge < -0.3 is 15.5 Å². The van der Waals surface area contributed by atoms with Gasteiger partial charge in [-0.15, -0.1) is 0 Å². The van der Waals surface area contributed by atoms with Crippen LogP contribution >= 0.6 is 0 Å². The van der Waals surface area contributed by atoms with Crippen LogP contribution in [-0.2, 0) is 6.54 Å². The van der Waals surface area contributed by atoms with Crippen molar-refractivity contribution in [3.05, 3.63) is 23.7 Å². The van der Waals surface area contributed by atoms with Crippen molar-refractivity contribution < 1.29 is 9.21 Å². The number of furan rings is 1. The van der Waals surface area contributed by atoms with Gasteiger partial charge in [0, 0.05) is 6.04 Å². The monoisotopic (exact) mass is 222 g/mol. The van der Waals surface area contributed by atoms with E-state index in [1.54, 1.807) is 12.1 Å². The SMILES string of the molecule is CC1CCCC1NCc1ccc(C(N)=O)o1. The van der Waals surface area contributed by atoms with Crippen LogP contribution in [0.5, 0.6) is 0 Å². The zero-order valence-electron chi connectivity index (χ0n) is 9.53. The molecule has 88 valence electrons. The fraction of sp³-hybridized carbons (Fsp3) is 0.583. The average molecular weight is 222 g/mol. The molecule has 1 aliphatic rings. The van der Waals surface area contributed by atoms with E-state index in [2.05, 4.69) is 12.2 Å². The highest BCUT2D eigenvalue weighted by molar-refractivity contribution is 5.89. The summed E-state index contributed by atoms with van der Waals surface area (Å²) >= 11 is 0. The first-order chi connectivity index (χ1) is 7.66. The molecule has 2 atom stereocenters. The second-order valence-corrected chi connectivity index (χ2v) is 4.53.